The van der Waals surface area contributed by atoms with Gasteiger partial charge in [0, 0.05) is 29.7 Å². The molecule has 0 bridgehead atoms. The molecule has 1 unspecified atom stereocenters. The third kappa shape index (κ3) is 4.15. The van der Waals surface area contributed by atoms with Gasteiger partial charge in [-0.15, -0.1) is 12.4 Å². The van der Waals surface area contributed by atoms with Crippen LogP contribution in [0.4, 0.5) is 0 Å². The number of hydrogen-bond acceptors (Lipinski definition) is 2. The van der Waals surface area contributed by atoms with E-state index in [4.69, 9.17) is 0 Å². The number of amides is 1. The molecule has 2 aromatic rings. The van der Waals surface area contributed by atoms with Crippen molar-refractivity contribution >= 4 is 18.3 Å². The van der Waals surface area contributed by atoms with Crippen LogP contribution in [0.15, 0.2) is 30.3 Å². The molecule has 0 aliphatic carbocycles. The molecule has 4 nitrogen and oxygen atoms in total. The largest absolute Gasteiger partial charge is 0.350 e. The summed E-state index contributed by atoms with van der Waals surface area (Å²) in [6.45, 7) is 8.77. The number of carbonyl (C=O) groups excluding carboxylic acids is 1. The Labute approximate surface area is 144 Å². The normalized spacial score (nSPS) is 11.7. The van der Waals surface area contributed by atoms with Gasteiger partial charge < -0.3 is 15.2 Å². The maximum atomic E-state index is 12.4. The van der Waals surface area contributed by atoms with E-state index in [1.807, 2.05) is 46.0 Å². The van der Waals surface area contributed by atoms with Gasteiger partial charge in [-0.2, -0.15) is 0 Å². The average molecular weight is 336 g/mol. The zero-order valence-electron chi connectivity index (χ0n) is 14.4. The first-order valence-electron chi connectivity index (χ1n) is 7.66. The monoisotopic (exact) mass is 335 g/mol. The fraction of sp³-hybridized carbons (Fsp3) is 0.389. The molecule has 23 heavy (non-hydrogen) atoms. The predicted molar refractivity (Wildman–Crippen MR) is 98.1 cm³/mol. The summed E-state index contributed by atoms with van der Waals surface area (Å²) in [5.74, 6) is -0.0185. The lowest BCUT2D eigenvalue weighted by Crippen LogP contribution is -2.37. The second-order valence-electron chi connectivity index (χ2n) is 5.81. The Bertz CT molecular complexity index is 679. The summed E-state index contributed by atoms with van der Waals surface area (Å²) in [5, 5.41) is 6.10. The quantitative estimate of drug-likeness (QED) is 0.881. The highest BCUT2D eigenvalue weighted by Crippen LogP contribution is 2.23. The van der Waals surface area contributed by atoms with Crippen molar-refractivity contribution in [2.24, 2.45) is 0 Å². The van der Waals surface area contributed by atoms with Crippen molar-refractivity contribution in [3.05, 3.63) is 52.8 Å². The number of rotatable bonds is 5. The van der Waals surface area contributed by atoms with Gasteiger partial charge in [0.05, 0.1) is 5.56 Å². The van der Waals surface area contributed by atoms with E-state index < -0.39 is 0 Å². The van der Waals surface area contributed by atoms with E-state index in [1.54, 1.807) is 0 Å². The molecule has 0 fully saturated rings. The van der Waals surface area contributed by atoms with Crippen molar-refractivity contribution in [3.63, 3.8) is 0 Å². The molecule has 0 saturated heterocycles. The van der Waals surface area contributed by atoms with Gasteiger partial charge in [0.2, 0.25) is 0 Å². The molecule has 1 atom stereocenters. The molecule has 1 amide bonds. The molecule has 0 saturated carbocycles. The molecule has 2 rings (SSSR count). The van der Waals surface area contributed by atoms with E-state index >= 15 is 0 Å². The Morgan fingerprint density at radius 1 is 1.22 bits per heavy atom. The van der Waals surface area contributed by atoms with Gasteiger partial charge in [0.1, 0.15) is 0 Å². The van der Waals surface area contributed by atoms with Gasteiger partial charge >= 0.3 is 0 Å². The lowest BCUT2D eigenvalue weighted by Gasteiger charge is -2.13. The van der Waals surface area contributed by atoms with Crippen LogP contribution in [-0.4, -0.2) is 30.1 Å². The smallest absolute Gasteiger partial charge is 0.253 e. The van der Waals surface area contributed by atoms with Crippen LogP contribution in [0.3, 0.4) is 0 Å². The van der Waals surface area contributed by atoms with Crippen LogP contribution in [0.25, 0.3) is 5.69 Å². The summed E-state index contributed by atoms with van der Waals surface area (Å²) in [6.07, 6.45) is 0. The molecular formula is C18H26ClN3O. The highest BCUT2D eigenvalue weighted by atomic mass is 35.5. The zero-order chi connectivity index (χ0) is 16.3. The fourth-order valence-corrected chi connectivity index (χ4v) is 2.62. The number of likely N-dealkylation sites (N-methyl/N-ethyl adjacent to an activating group) is 1. The first-order valence-corrected chi connectivity index (χ1v) is 7.66. The van der Waals surface area contributed by atoms with Crippen molar-refractivity contribution in [3.8, 4) is 5.69 Å². The lowest BCUT2D eigenvalue weighted by atomic mass is 10.2. The molecule has 0 aliphatic heterocycles. The lowest BCUT2D eigenvalue weighted by molar-refractivity contribution is 0.0950. The molecule has 1 aromatic heterocycles. The van der Waals surface area contributed by atoms with Gasteiger partial charge in [-0.05, 0) is 52.4 Å². The Morgan fingerprint density at radius 3 is 2.48 bits per heavy atom. The maximum Gasteiger partial charge on any atom is 0.253 e. The molecule has 2 N–H and O–H groups in total. The Hall–Kier alpha value is -1.78. The minimum Gasteiger partial charge on any atom is -0.350 e. The Morgan fingerprint density at radius 2 is 1.87 bits per heavy atom. The summed E-state index contributed by atoms with van der Waals surface area (Å²) in [5.41, 5.74) is 5.10. The number of hydrogen-bond donors (Lipinski definition) is 2. The second kappa shape index (κ2) is 8.18. The number of aryl methyl sites for hydroxylation is 2. The van der Waals surface area contributed by atoms with Crippen LogP contribution in [0.2, 0.25) is 0 Å². The summed E-state index contributed by atoms with van der Waals surface area (Å²) in [6, 6.07) is 10.4. The summed E-state index contributed by atoms with van der Waals surface area (Å²) in [7, 11) is 1.89. The highest BCUT2D eigenvalue weighted by molar-refractivity contribution is 5.96. The minimum atomic E-state index is -0.0185. The van der Waals surface area contributed by atoms with E-state index in [2.05, 4.69) is 34.3 Å². The van der Waals surface area contributed by atoms with E-state index in [0.29, 0.717) is 6.54 Å². The molecule has 5 heteroatoms. The average Bonchev–Trinajstić information content (AvgIpc) is 2.80. The summed E-state index contributed by atoms with van der Waals surface area (Å²) in [4.78, 5) is 12.4. The predicted octanol–water partition coefficient (Wildman–Crippen LogP) is 3.16. The first kappa shape index (κ1) is 19.3. The van der Waals surface area contributed by atoms with Gasteiger partial charge in [-0.3, -0.25) is 4.79 Å². The maximum absolute atomic E-state index is 12.4. The number of nitrogens with one attached hydrogen (secondary N) is 2. The van der Waals surface area contributed by atoms with Crippen LogP contribution in [0, 0.1) is 20.8 Å². The van der Waals surface area contributed by atoms with Gasteiger partial charge in [0.25, 0.3) is 5.91 Å². The summed E-state index contributed by atoms with van der Waals surface area (Å²) < 4.78 is 2.14. The number of para-hydroxylation sites is 1. The van der Waals surface area contributed by atoms with Crippen molar-refractivity contribution < 1.29 is 4.79 Å². The van der Waals surface area contributed by atoms with Crippen molar-refractivity contribution in [1.29, 1.82) is 0 Å². The summed E-state index contributed by atoms with van der Waals surface area (Å²) >= 11 is 0. The van der Waals surface area contributed by atoms with Crippen LogP contribution >= 0.6 is 12.4 Å². The third-order valence-electron chi connectivity index (χ3n) is 4.09. The van der Waals surface area contributed by atoms with E-state index in [9.17, 15) is 4.79 Å². The number of halogens is 1. The Kier molecular flexibility index (Phi) is 6.85. The standard InChI is InChI=1S/C18H25N3O.ClH/c1-12-8-6-7-9-17(12)21-14(3)10-16(15(21)4)18(22)20-11-13(2)19-5;/h6-10,13,19H,11H2,1-5H3,(H,20,22);1H. The zero-order valence-corrected chi connectivity index (χ0v) is 15.3. The topological polar surface area (TPSA) is 46.1 Å². The van der Waals surface area contributed by atoms with Crippen LogP contribution in [0.5, 0.6) is 0 Å². The van der Waals surface area contributed by atoms with E-state index in [0.717, 1.165) is 22.6 Å². The first-order chi connectivity index (χ1) is 10.5. The molecule has 0 spiro atoms. The van der Waals surface area contributed by atoms with Crippen LogP contribution < -0.4 is 10.6 Å². The number of aromatic nitrogens is 1. The molecule has 0 aliphatic rings. The van der Waals surface area contributed by atoms with Crippen molar-refractivity contribution in [2.45, 2.75) is 33.7 Å². The minimum absolute atomic E-state index is 0. The second-order valence-corrected chi connectivity index (χ2v) is 5.81. The van der Waals surface area contributed by atoms with Gasteiger partial charge in [-0.25, -0.2) is 0 Å². The Balaban J connectivity index is 0.00000264. The number of carbonyl (C=O) groups is 1. The molecule has 0 radical (unpaired) electrons. The van der Waals surface area contributed by atoms with Gasteiger partial charge in [-0.1, -0.05) is 18.2 Å². The molecule has 1 aromatic carbocycles. The van der Waals surface area contributed by atoms with Crippen LogP contribution in [-0.2, 0) is 0 Å². The van der Waals surface area contributed by atoms with Crippen molar-refractivity contribution in [1.82, 2.24) is 15.2 Å². The number of benzene rings is 1. The van der Waals surface area contributed by atoms with E-state index in [1.165, 1.54) is 5.56 Å². The molecule has 126 valence electrons. The van der Waals surface area contributed by atoms with E-state index in [-0.39, 0.29) is 24.4 Å². The van der Waals surface area contributed by atoms with Gasteiger partial charge in [0.15, 0.2) is 0 Å². The fourth-order valence-electron chi connectivity index (χ4n) is 2.62. The third-order valence-corrected chi connectivity index (χ3v) is 4.09. The van der Waals surface area contributed by atoms with Crippen molar-refractivity contribution in [2.75, 3.05) is 13.6 Å². The SMILES string of the molecule is CNC(C)CNC(=O)c1cc(C)n(-c2ccccc2C)c1C.Cl. The van der Waals surface area contributed by atoms with Crippen LogP contribution in [0.1, 0.15) is 34.2 Å². The molecular weight excluding hydrogens is 310 g/mol. The molecule has 1 heterocycles. The highest BCUT2D eigenvalue weighted by Gasteiger charge is 2.17. The number of nitrogens with zero attached hydrogens (tertiary/aromatic N) is 1.